The Hall–Kier alpha value is -1.10. The van der Waals surface area contributed by atoms with E-state index in [1.54, 1.807) is 0 Å². The standard InChI is InChI=1S/C14H25N3O2/c1-12(14(19)17-9-5-6-10-17)15-11-13(18)16-7-3-2-4-8-16/h12,15H,2-11H2,1H3. The SMILES string of the molecule is CC(NCC(=O)N1CCCCC1)C(=O)N1CCCC1. The van der Waals surface area contributed by atoms with E-state index in [9.17, 15) is 9.59 Å². The summed E-state index contributed by atoms with van der Waals surface area (Å²) in [5.74, 6) is 0.254. The lowest BCUT2D eigenvalue weighted by molar-refractivity contribution is -0.133. The normalized spacial score (nSPS) is 21.5. The second-order valence-electron chi connectivity index (χ2n) is 5.58. The molecule has 0 aromatic heterocycles. The van der Waals surface area contributed by atoms with Crippen molar-refractivity contribution < 1.29 is 9.59 Å². The van der Waals surface area contributed by atoms with Gasteiger partial charge in [-0.15, -0.1) is 0 Å². The summed E-state index contributed by atoms with van der Waals surface area (Å²) in [4.78, 5) is 27.9. The van der Waals surface area contributed by atoms with Gasteiger partial charge in [0, 0.05) is 26.2 Å². The molecule has 0 radical (unpaired) electrons. The quantitative estimate of drug-likeness (QED) is 0.811. The van der Waals surface area contributed by atoms with Crippen LogP contribution in [0.2, 0.25) is 0 Å². The summed E-state index contributed by atoms with van der Waals surface area (Å²) in [6, 6.07) is -0.258. The summed E-state index contributed by atoms with van der Waals surface area (Å²) in [6.45, 7) is 5.60. The molecule has 0 aromatic carbocycles. The number of carbonyl (C=O) groups excluding carboxylic acids is 2. The van der Waals surface area contributed by atoms with E-state index in [1.165, 1.54) is 6.42 Å². The molecule has 2 saturated heterocycles. The molecule has 0 aromatic rings. The Morgan fingerprint density at radius 1 is 0.947 bits per heavy atom. The molecule has 1 atom stereocenters. The molecule has 2 aliphatic rings. The van der Waals surface area contributed by atoms with Gasteiger partial charge >= 0.3 is 0 Å². The number of hydrogen-bond donors (Lipinski definition) is 1. The van der Waals surface area contributed by atoms with Crippen LogP contribution in [0, 0.1) is 0 Å². The summed E-state index contributed by atoms with van der Waals surface area (Å²) in [5.41, 5.74) is 0. The van der Waals surface area contributed by atoms with Gasteiger partial charge in [0.1, 0.15) is 0 Å². The lowest BCUT2D eigenvalue weighted by Crippen LogP contribution is -2.48. The van der Waals surface area contributed by atoms with Gasteiger partial charge < -0.3 is 9.80 Å². The molecule has 2 aliphatic heterocycles. The van der Waals surface area contributed by atoms with Gasteiger partial charge in [-0.05, 0) is 39.0 Å². The Morgan fingerprint density at radius 2 is 1.47 bits per heavy atom. The summed E-state index contributed by atoms with van der Waals surface area (Å²) < 4.78 is 0. The van der Waals surface area contributed by atoms with Crippen LogP contribution in [0.15, 0.2) is 0 Å². The summed E-state index contributed by atoms with van der Waals surface area (Å²) in [6.07, 6.45) is 5.64. The summed E-state index contributed by atoms with van der Waals surface area (Å²) in [5, 5.41) is 3.07. The number of nitrogens with one attached hydrogen (secondary N) is 1. The smallest absolute Gasteiger partial charge is 0.239 e. The summed E-state index contributed by atoms with van der Waals surface area (Å²) >= 11 is 0. The number of hydrogen-bond acceptors (Lipinski definition) is 3. The Balaban J connectivity index is 1.71. The van der Waals surface area contributed by atoms with E-state index in [2.05, 4.69) is 5.32 Å². The number of amides is 2. The topological polar surface area (TPSA) is 52.7 Å². The van der Waals surface area contributed by atoms with Crippen molar-refractivity contribution in [3.05, 3.63) is 0 Å². The fraction of sp³-hybridized carbons (Fsp3) is 0.857. The predicted octanol–water partition coefficient (Wildman–Crippen LogP) is 0.599. The predicted molar refractivity (Wildman–Crippen MR) is 73.7 cm³/mol. The highest BCUT2D eigenvalue weighted by molar-refractivity contribution is 5.83. The maximum Gasteiger partial charge on any atom is 0.239 e. The highest BCUT2D eigenvalue weighted by Crippen LogP contribution is 2.10. The van der Waals surface area contributed by atoms with Gasteiger partial charge in [-0.2, -0.15) is 0 Å². The van der Waals surface area contributed by atoms with Crippen LogP contribution in [0.3, 0.4) is 0 Å². The number of nitrogens with zero attached hydrogens (tertiary/aromatic N) is 2. The van der Waals surface area contributed by atoms with Crippen LogP contribution in [0.25, 0.3) is 0 Å². The van der Waals surface area contributed by atoms with Crippen molar-refractivity contribution in [3.63, 3.8) is 0 Å². The third kappa shape index (κ3) is 3.93. The van der Waals surface area contributed by atoms with E-state index in [0.717, 1.165) is 51.9 Å². The first kappa shape index (κ1) is 14.3. The van der Waals surface area contributed by atoms with Crippen LogP contribution >= 0.6 is 0 Å². The average Bonchev–Trinajstić information content (AvgIpc) is 2.98. The van der Waals surface area contributed by atoms with Gasteiger partial charge in [0.2, 0.25) is 11.8 Å². The lowest BCUT2D eigenvalue weighted by atomic mass is 10.1. The Bertz CT molecular complexity index is 321. The van der Waals surface area contributed by atoms with Gasteiger partial charge in [0.15, 0.2) is 0 Å². The van der Waals surface area contributed by atoms with E-state index in [0.29, 0.717) is 0 Å². The molecule has 1 unspecified atom stereocenters. The van der Waals surface area contributed by atoms with Crippen LogP contribution < -0.4 is 5.32 Å². The number of likely N-dealkylation sites (tertiary alicyclic amines) is 2. The maximum absolute atomic E-state index is 12.1. The zero-order valence-electron chi connectivity index (χ0n) is 11.9. The fourth-order valence-corrected chi connectivity index (χ4v) is 2.79. The molecule has 1 N–H and O–H groups in total. The Kier molecular flexibility index (Phi) is 5.19. The molecule has 0 spiro atoms. The van der Waals surface area contributed by atoms with Crippen molar-refractivity contribution >= 4 is 11.8 Å². The molecule has 5 heteroatoms. The first-order chi connectivity index (χ1) is 9.18. The first-order valence-corrected chi connectivity index (χ1v) is 7.48. The number of piperidine rings is 1. The minimum atomic E-state index is -0.258. The van der Waals surface area contributed by atoms with Crippen molar-refractivity contribution in [1.29, 1.82) is 0 Å². The molecule has 0 saturated carbocycles. The Morgan fingerprint density at radius 3 is 2.11 bits per heavy atom. The fourth-order valence-electron chi connectivity index (χ4n) is 2.79. The largest absolute Gasteiger partial charge is 0.342 e. The number of carbonyl (C=O) groups is 2. The number of rotatable bonds is 4. The van der Waals surface area contributed by atoms with Crippen molar-refractivity contribution in [2.75, 3.05) is 32.7 Å². The minimum absolute atomic E-state index is 0.126. The van der Waals surface area contributed by atoms with Gasteiger partial charge in [-0.1, -0.05) is 0 Å². The van der Waals surface area contributed by atoms with Gasteiger partial charge in [0.05, 0.1) is 12.6 Å². The van der Waals surface area contributed by atoms with Crippen LogP contribution in [-0.4, -0.2) is 60.4 Å². The minimum Gasteiger partial charge on any atom is -0.342 e. The molecule has 5 nitrogen and oxygen atoms in total. The molecular weight excluding hydrogens is 242 g/mol. The van der Waals surface area contributed by atoms with E-state index in [4.69, 9.17) is 0 Å². The third-order valence-corrected chi connectivity index (χ3v) is 4.06. The zero-order valence-corrected chi connectivity index (χ0v) is 11.9. The van der Waals surface area contributed by atoms with E-state index in [-0.39, 0.29) is 24.4 Å². The molecule has 2 amide bonds. The van der Waals surface area contributed by atoms with Gasteiger partial charge in [0.25, 0.3) is 0 Å². The van der Waals surface area contributed by atoms with Crippen LogP contribution in [0.5, 0.6) is 0 Å². The molecular formula is C14H25N3O2. The highest BCUT2D eigenvalue weighted by Gasteiger charge is 2.24. The molecule has 2 heterocycles. The monoisotopic (exact) mass is 267 g/mol. The molecule has 19 heavy (non-hydrogen) atoms. The van der Waals surface area contributed by atoms with Crippen molar-refractivity contribution in [2.45, 2.75) is 45.1 Å². The molecule has 0 aliphatic carbocycles. The molecule has 108 valence electrons. The third-order valence-electron chi connectivity index (χ3n) is 4.06. The maximum atomic E-state index is 12.1. The van der Waals surface area contributed by atoms with Crippen LogP contribution in [0.1, 0.15) is 39.0 Å². The molecule has 0 bridgehead atoms. The van der Waals surface area contributed by atoms with Crippen molar-refractivity contribution in [1.82, 2.24) is 15.1 Å². The van der Waals surface area contributed by atoms with Gasteiger partial charge in [-0.3, -0.25) is 14.9 Å². The van der Waals surface area contributed by atoms with Crippen molar-refractivity contribution in [3.8, 4) is 0 Å². The first-order valence-electron chi connectivity index (χ1n) is 7.48. The second kappa shape index (κ2) is 6.89. The summed E-state index contributed by atoms with van der Waals surface area (Å²) in [7, 11) is 0. The molecule has 2 fully saturated rings. The Labute approximate surface area is 115 Å². The van der Waals surface area contributed by atoms with E-state index >= 15 is 0 Å². The lowest BCUT2D eigenvalue weighted by Gasteiger charge is -2.28. The van der Waals surface area contributed by atoms with Crippen LogP contribution in [0.4, 0.5) is 0 Å². The highest BCUT2D eigenvalue weighted by atomic mass is 16.2. The second-order valence-corrected chi connectivity index (χ2v) is 5.58. The van der Waals surface area contributed by atoms with Gasteiger partial charge in [-0.25, -0.2) is 0 Å². The van der Waals surface area contributed by atoms with Crippen molar-refractivity contribution in [2.24, 2.45) is 0 Å². The average molecular weight is 267 g/mol. The zero-order chi connectivity index (χ0) is 13.7. The van der Waals surface area contributed by atoms with E-state index in [1.807, 2.05) is 16.7 Å². The van der Waals surface area contributed by atoms with E-state index < -0.39 is 0 Å². The molecule has 2 rings (SSSR count). The van der Waals surface area contributed by atoms with Crippen LogP contribution in [-0.2, 0) is 9.59 Å².